The summed E-state index contributed by atoms with van der Waals surface area (Å²) in [6, 6.07) is 12.0. The molecule has 1 saturated heterocycles. The third-order valence-electron chi connectivity index (χ3n) is 6.36. The Morgan fingerprint density at radius 1 is 1.17 bits per heavy atom. The first-order valence-electron chi connectivity index (χ1n) is 10.2. The second kappa shape index (κ2) is 7.10. The molecule has 1 aliphatic carbocycles. The third-order valence-corrected chi connectivity index (χ3v) is 6.36. The summed E-state index contributed by atoms with van der Waals surface area (Å²) < 4.78 is 15.9. The van der Waals surface area contributed by atoms with Crippen LogP contribution in [0.25, 0.3) is 11.3 Å². The molecular formula is C23H23FN4O. The first-order valence-corrected chi connectivity index (χ1v) is 10.2. The predicted octanol–water partition coefficient (Wildman–Crippen LogP) is 3.68. The highest BCUT2D eigenvalue weighted by Gasteiger charge is 2.37. The lowest BCUT2D eigenvalue weighted by Crippen LogP contribution is -2.48. The summed E-state index contributed by atoms with van der Waals surface area (Å²) in [5, 5.41) is 0. The van der Waals surface area contributed by atoms with Gasteiger partial charge in [-0.15, -0.1) is 0 Å². The minimum Gasteiger partial charge on any atom is -0.339 e. The minimum absolute atomic E-state index is 0.181. The lowest BCUT2D eigenvalue weighted by atomic mass is 9.74. The van der Waals surface area contributed by atoms with Gasteiger partial charge in [0.25, 0.3) is 5.56 Å². The average Bonchev–Trinajstić information content (AvgIpc) is 2.75. The van der Waals surface area contributed by atoms with Gasteiger partial charge in [0.05, 0.1) is 11.9 Å². The van der Waals surface area contributed by atoms with E-state index >= 15 is 0 Å². The number of benzene rings is 1. The fourth-order valence-electron chi connectivity index (χ4n) is 4.96. The second-order valence-electron chi connectivity index (χ2n) is 7.94. The van der Waals surface area contributed by atoms with Crippen molar-refractivity contribution in [2.45, 2.75) is 37.6 Å². The Morgan fingerprint density at radius 2 is 2.03 bits per heavy atom. The molecule has 3 heterocycles. The maximum atomic E-state index is 14.3. The zero-order valence-electron chi connectivity index (χ0n) is 16.4. The van der Waals surface area contributed by atoms with Gasteiger partial charge in [-0.25, -0.2) is 9.37 Å². The van der Waals surface area contributed by atoms with Gasteiger partial charge < -0.3 is 4.90 Å². The van der Waals surface area contributed by atoms with Gasteiger partial charge in [0.1, 0.15) is 0 Å². The number of piperidine rings is 1. The number of rotatable bonds is 2. The highest BCUT2D eigenvalue weighted by Crippen LogP contribution is 2.41. The molecule has 0 bridgehead atoms. The standard InChI is InChI=1S/C23H23FN4O/c1-27-22(29)13-20(18-10-11-25-14-19(18)24)26-23(27)28-12-4-7-17-16-6-3-2-5-15(16)8-9-21(17)28/h2-3,5-6,10-11,13-14,17,21H,4,7-9,12H2,1H3/t17?,21-/m1/s1. The number of aromatic nitrogens is 3. The first-order chi connectivity index (χ1) is 14.1. The van der Waals surface area contributed by atoms with Gasteiger partial charge >= 0.3 is 0 Å². The molecule has 1 unspecified atom stereocenters. The van der Waals surface area contributed by atoms with Crippen molar-refractivity contribution >= 4 is 5.95 Å². The van der Waals surface area contributed by atoms with E-state index in [2.05, 4.69) is 34.1 Å². The maximum Gasteiger partial charge on any atom is 0.255 e. The fraction of sp³-hybridized carbons (Fsp3) is 0.348. The minimum atomic E-state index is -0.470. The summed E-state index contributed by atoms with van der Waals surface area (Å²) in [7, 11) is 1.75. The first kappa shape index (κ1) is 18.0. The molecule has 148 valence electrons. The Bertz CT molecular complexity index is 1130. The van der Waals surface area contributed by atoms with E-state index in [1.807, 2.05) is 0 Å². The molecule has 2 aliphatic rings. The Hall–Kier alpha value is -3.02. The van der Waals surface area contributed by atoms with Crippen molar-refractivity contribution in [1.82, 2.24) is 14.5 Å². The summed E-state index contributed by atoms with van der Waals surface area (Å²) >= 11 is 0. The van der Waals surface area contributed by atoms with Crippen LogP contribution in [-0.4, -0.2) is 27.1 Å². The van der Waals surface area contributed by atoms with Crippen LogP contribution in [0, 0.1) is 5.82 Å². The fourth-order valence-corrected chi connectivity index (χ4v) is 4.96. The number of hydrogen-bond acceptors (Lipinski definition) is 4. The lowest BCUT2D eigenvalue weighted by molar-refractivity contribution is 0.358. The van der Waals surface area contributed by atoms with Crippen molar-refractivity contribution in [2.24, 2.45) is 7.05 Å². The number of nitrogens with zero attached hydrogens (tertiary/aromatic N) is 4. The molecule has 0 amide bonds. The Balaban J connectivity index is 1.59. The summed E-state index contributed by atoms with van der Waals surface area (Å²) in [5.74, 6) is 0.590. The van der Waals surface area contributed by atoms with Gasteiger partial charge in [0.15, 0.2) is 5.82 Å². The van der Waals surface area contributed by atoms with Crippen LogP contribution in [0.2, 0.25) is 0 Å². The molecule has 0 spiro atoms. The quantitative estimate of drug-likeness (QED) is 0.670. The zero-order valence-corrected chi connectivity index (χ0v) is 16.4. The largest absolute Gasteiger partial charge is 0.339 e. The highest BCUT2D eigenvalue weighted by molar-refractivity contribution is 5.60. The van der Waals surface area contributed by atoms with Gasteiger partial charge in [0.2, 0.25) is 5.95 Å². The number of pyridine rings is 1. The zero-order chi connectivity index (χ0) is 20.0. The van der Waals surface area contributed by atoms with Crippen LogP contribution < -0.4 is 10.5 Å². The number of halogens is 1. The van der Waals surface area contributed by atoms with Gasteiger partial charge in [-0.05, 0) is 42.9 Å². The smallest absolute Gasteiger partial charge is 0.255 e. The number of anilines is 1. The summed E-state index contributed by atoms with van der Waals surface area (Å²) in [6.07, 6.45) is 6.92. The normalized spacial score (nSPS) is 20.8. The molecule has 5 rings (SSSR count). The Morgan fingerprint density at radius 3 is 2.90 bits per heavy atom. The molecular weight excluding hydrogens is 367 g/mol. The second-order valence-corrected chi connectivity index (χ2v) is 7.94. The molecule has 1 aliphatic heterocycles. The van der Waals surface area contributed by atoms with Crippen LogP contribution in [0.3, 0.4) is 0 Å². The molecule has 1 aromatic carbocycles. The van der Waals surface area contributed by atoms with Crippen molar-refractivity contribution < 1.29 is 4.39 Å². The van der Waals surface area contributed by atoms with Crippen molar-refractivity contribution in [3.05, 3.63) is 76.1 Å². The lowest BCUT2D eigenvalue weighted by Gasteiger charge is -2.45. The third kappa shape index (κ3) is 3.03. The van der Waals surface area contributed by atoms with E-state index in [9.17, 15) is 9.18 Å². The van der Waals surface area contributed by atoms with E-state index in [1.54, 1.807) is 17.7 Å². The molecule has 0 saturated carbocycles. The monoisotopic (exact) mass is 390 g/mol. The summed E-state index contributed by atoms with van der Waals surface area (Å²) in [5.41, 5.74) is 3.35. The molecule has 0 N–H and O–H groups in total. The van der Waals surface area contributed by atoms with Gasteiger partial charge in [0, 0.05) is 43.4 Å². The van der Waals surface area contributed by atoms with Crippen molar-refractivity contribution in [3.63, 3.8) is 0 Å². The SMILES string of the molecule is Cn1c(N2CCCC3c4ccccc4CC[C@H]32)nc(-c2ccncc2F)cc1=O. The molecule has 3 aromatic rings. The van der Waals surface area contributed by atoms with Crippen LogP contribution in [0.15, 0.2) is 53.6 Å². The molecule has 0 radical (unpaired) electrons. The van der Waals surface area contributed by atoms with E-state index in [0.717, 1.165) is 38.4 Å². The number of aryl methyl sites for hydroxylation is 1. The number of fused-ring (bicyclic) bond motifs is 3. The van der Waals surface area contributed by atoms with E-state index in [0.29, 0.717) is 29.2 Å². The van der Waals surface area contributed by atoms with E-state index in [1.165, 1.54) is 23.4 Å². The van der Waals surface area contributed by atoms with E-state index in [4.69, 9.17) is 4.98 Å². The van der Waals surface area contributed by atoms with Crippen LogP contribution in [0.1, 0.15) is 36.3 Å². The van der Waals surface area contributed by atoms with Crippen molar-refractivity contribution in [3.8, 4) is 11.3 Å². The Labute approximate surface area is 168 Å². The summed E-state index contributed by atoms with van der Waals surface area (Å²) in [4.78, 5) is 23.5. The van der Waals surface area contributed by atoms with E-state index in [-0.39, 0.29) is 5.56 Å². The molecule has 2 aromatic heterocycles. The van der Waals surface area contributed by atoms with Crippen molar-refractivity contribution in [1.29, 1.82) is 0 Å². The van der Waals surface area contributed by atoms with Crippen LogP contribution in [0.4, 0.5) is 10.3 Å². The molecule has 29 heavy (non-hydrogen) atoms. The molecule has 5 nitrogen and oxygen atoms in total. The predicted molar refractivity (Wildman–Crippen MR) is 111 cm³/mol. The van der Waals surface area contributed by atoms with Gasteiger partial charge in [-0.2, -0.15) is 0 Å². The van der Waals surface area contributed by atoms with E-state index < -0.39 is 5.82 Å². The van der Waals surface area contributed by atoms with Crippen LogP contribution in [-0.2, 0) is 13.5 Å². The van der Waals surface area contributed by atoms with Crippen LogP contribution >= 0.6 is 0 Å². The summed E-state index contributed by atoms with van der Waals surface area (Å²) in [6.45, 7) is 0.853. The molecule has 6 heteroatoms. The van der Waals surface area contributed by atoms with Crippen LogP contribution in [0.5, 0.6) is 0 Å². The maximum absolute atomic E-state index is 14.3. The average molecular weight is 390 g/mol. The topological polar surface area (TPSA) is 51.0 Å². The molecule has 2 atom stereocenters. The highest BCUT2D eigenvalue weighted by atomic mass is 19.1. The Kier molecular flexibility index (Phi) is 4.42. The molecule has 1 fully saturated rings. The van der Waals surface area contributed by atoms with Crippen molar-refractivity contribution in [2.75, 3.05) is 11.4 Å². The van der Waals surface area contributed by atoms with Gasteiger partial charge in [-0.3, -0.25) is 14.3 Å². The number of hydrogen-bond donors (Lipinski definition) is 0. The van der Waals surface area contributed by atoms with Gasteiger partial charge in [-0.1, -0.05) is 24.3 Å².